The zero-order valence-corrected chi connectivity index (χ0v) is 14.4. The first kappa shape index (κ1) is 18.2. The van der Waals surface area contributed by atoms with Crippen LogP contribution in [-0.2, 0) is 4.52 Å². The Labute approximate surface area is 118 Å². The van der Waals surface area contributed by atoms with Gasteiger partial charge in [-0.25, -0.2) is 11.2 Å². The van der Waals surface area contributed by atoms with E-state index in [0.717, 1.165) is 5.75 Å². The molecule has 0 heterocycles. The van der Waals surface area contributed by atoms with E-state index in [1.807, 2.05) is 0 Å². The van der Waals surface area contributed by atoms with Crippen molar-refractivity contribution in [2.45, 2.75) is 66.2 Å². The van der Waals surface area contributed by atoms with Crippen LogP contribution in [-0.4, -0.2) is 34.7 Å². The minimum absolute atomic E-state index is 0.140. The lowest BCUT2D eigenvalue weighted by molar-refractivity contribution is 0.133. The van der Waals surface area contributed by atoms with Gasteiger partial charge in [0, 0.05) is 12.1 Å². The number of hydrogen-bond acceptors (Lipinski definition) is 3. The van der Waals surface area contributed by atoms with E-state index in [2.05, 4.69) is 58.0 Å². The summed E-state index contributed by atoms with van der Waals surface area (Å²) in [6.45, 7) is 22.5. The van der Waals surface area contributed by atoms with Crippen molar-refractivity contribution in [1.82, 2.24) is 4.67 Å². The lowest BCUT2D eigenvalue weighted by Gasteiger charge is -2.39. The Bertz CT molecular complexity index is 263. The highest BCUT2D eigenvalue weighted by Crippen LogP contribution is 2.58. The summed E-state index contributed by atoms with van der Waals surface area (Å²) in [7, 11) is -0.696. The minimum atomic E-state index is -0.696. The molecule has 0 aliphatic rings. The molecule has 0 aromatic carbocycles. The van der Waals surface area contributed by atoms with E-state index < -0.39 is 7.50 Å². The summed E-state index contributed by atoms with van der Waals surface area (Å²) in [5.74, 6) is 0.848. The van der Waals surface area contributed by atoms with E-state index in [1.165, 1.54) is 0 Å². The van der Waals surface area contributed by atoms with Crippen molar-refractivity contribution >= 4 is 18.9 Å². The lowest BCUT2D eigenvalue weighted by Crippen LogP contribution is -2.34. The molecule has 106 valence electrons. The maximum absolute atomic E-state index is 6.87. The molecule has 18 heavy (non-hydrogen) atoms. The van der Waals surface area contributed by atoms with Gasteiger partial charge in [-0.2, -0.15) is 0 Å². The summed E-state index contributed by atoms with van der Waals surface area (Å²) >= 11 is 1.79. The topological polar surface area (TPSA) is 16.8 Å². The van der Waals surface area contributed by atoms with Crippen molar-refractivity contribution in [3.05, 3.63) is 11.4 Å². The minimum Gasteiger partial charge on any atom is -0.329 e. The van der Waals surface area contributed by atoms with E-state index in [9.17, 15) is 0 Å². The fourth-order valence-electron chi connectivity index (χ4n) is 1.51. The normalized spacial score (nSPS) is 14.3. The molecule has 5 heteroatoms. The number of rotatable bonds is 7. The second-order valence-corrected chi connectivity index (χ2v) is 9.22. The third kappa shape index (κ3) is 7.59. The van der Waals surface area contributed by atoms with Gasteiger partial charge in [0.2, 0.25) is 6.54 Å². The Morgan fingerprint density at radius 2 is 1.72 bits per heavy atom. The predicted octanol–water partition coefficient (Wildman–Crippen LogP) is 4.80. The molecule has 3 nitrogen and oxygen atoms in total. The number of hydrogen-bond donors (Lipinski definition) is 0. The molecular formula is C13H27N2OPS. The maximum atomic E-state index is 6.87. The van der Waals surface area contributed by atoms with Crippen LogP contribution in [0.25, 0.3) is 4.85 Å². The molecule has 0 aromatic rings. The molecule has 0 saturated carbocycles. The molecule has 0 saturated heterocycles. The van der Waals surface area contributed by atoms with Crippen LogP contribution in [0.15, 0.2) is 0 Å². The molecule has 0 spiro atoms. The molecular weight excluding hydrogens is 263 g/mol. The zero-order valence-electron chi connectivity index (χ0n) is 12.7. The fourth-order valence-corrected chi connectivity index (χ4v) is 6.42. The van der Waals surface area contributed by atoms with E-state index in [4.69, 9.17) is 11.1 Å². The third-order valence-corrected chi connectivity index (χ3v) is 6.59. The Morgan fingerprint density at radius 1 is 1.22 bits per heavy atom. The van der Waals surface area contributed by atoms with Gasteiger partial charge in [0.15, 0.2) is 7.50 Å². The summed E-state index contributed by atoms with van der Waals surface area (Å²) in [6, 6.07) is 0.915. The molecule has 0 aliphatic heterocycles. The Morgan fingerprint density at radius 3 is 2.06 bits per heavy atom. The third-order valence-electron chi connectivity index (χ3n) is 2.00. The standard InChI is InChI=1S/C13H27N2OPS/c1-11(2)15(12(3)4)17(16-13(5,6)7)18-10-9-14-8/h11-12H,9-10H2,1-7H3. The van der Waals surface area contributed by atoms with Crippen molar-refractivity contribution in [3.63, 3.8) is 0 Å². The van der Waals surface area contributed by atoms with Gasteiger partial charge in [-0.15, -0.1) is 0 Å². The molecule has 0 fully saturated rings. The summed E-state index contributed by atoms with van der Waals surface area (Å²) < 4.78 is 8.65. The summed E-state index contributed by atoms with van der Waals surface area (Å²) in [6.07, 6.45) is 0. The van der Waals surface area contributed by atoms with Gasteiger partial charge in [-0.05, 0) is 48.5 Å². The highest BCUT2D eigenvalue weighted by Gasteiger charge is 2.30. The van der Waals surface area contributed by atoms with Crippen molar-refractivity contribution in [2.24, 2.45) is 0 Å². The smallest absolute Gasteiger partial charge is 0.224 e. The van der Waals surface area contributed by atoms with Crippen LogP contribution in [0, 0.1) is 6.57 Å². The van der Waals surface area contributed by atoms with Crippen LogP contribution in [0.5, 0.6) is 0 Å². The predicted molar refractivity (Wildman–Crippen MR) is 83.8 cm³/mol. The maximum Gasteiger partial charge on any atom is 0.224 e. The van der Waals surface area contributed by atoms with E-state index >= 15 is 0 Å². The first-order valence-electron chi connectivity index (χ1n) is 6.42. The first-order valence-corrected chi connectivity index (χ1v) is 9.23. The van der Waals surface area contributed by atoms with E-state index in [0.29, 0.717) is 18.6 Å². The monoisotopic (exact) mass is 290 g/mol. The Hall–Kier alpha value is 0.190. The largest absolute Gasteiger partial charge is 0.329 e. The van der Waals surface area contributed by atoms with Gasteiger partial charge in [0.1, 0.15) is 0 Å². The second-order valence-electron chi connectivity index (χ2n) is 5.72. The average Bonchev–Trinajstić information content (AvgIpc) is 2.13. The van der Waals surface area contributed by atoms with Crippen LogP contribution < -0.4 is 0 Å². The molecule has 0 rings (SSSR count). The molecule has 1 unspecified atom stereocenters. The van der Waals surface area contributed by atoms with Crippen molar-refractivity contribution in [2.75, 3.05) is 12.3 Å². The van der Waals surface area contributed by atoms with Crippen LogP contribution in [0.2, 0.25) is 0 Å². The zero-order chi connectivity index (χ0) is 14.3. The van der Waals surface area contributed by atoms with Crippen LogP contribution in [0.1, 0.15) is 48.5 Å². The lowest BCUT2D eigenvalue weighted by atomic mass is 10.2. The fraction of sp³-hybridized carbons (Fsp3) is 0.923. The molecule has 0 amide bonds. The second kappa shape index (κ2) is 8.38. The van der Waals surface area contributed by atoms with Gasteiger partial charge < -0.3 is 9.37 Å². The van der Waals surface area contributed by atoms with E-state index in [-0.39, 0.29) is 5.60 Å². The van der Waals surface area contributed by atoms with Crippen LogP contribution in [0.3, 0.4) is 0 Å². The highest BCUT2D eigenvalue weighted by molar-refractivity contribution is 8.53. The summed E-state index contributed by atoms with van der Waals surface area (Å²) in [4.78, 5) is 3.42. The van der Waals surface area contributed by atoms with Crippen molar-refractivity contribution < 1.29 is 4.52 Å². The molecule has 0 radical (unpaired) electrons. The van der Waals surface area contributed by atoms with Gasteiger partial charge in [0.25, 0.3) is 0 Å². The van der Waals surface area contributed by atoms with Gasteiger partial charge in [0.05, 0.1) is 11.4 Å². The van der Waals surface area contributed by atoms with Gasteiger partial charge >= 0.3 is 0 Å². The van der Waals surface area contributed by atoms with Crippen LogP contribution in [0.4, 0.5) is 0 Å². The highest BCUT2D eigenvalue weighted by atomic mass is 32.7. The molecule has 0 bridgehead atoms. The van der Waals surface area contributed by atoms with Gasteiger partial charge in [-0.1, -0.05) is 11.4 Å². The van der Waals surface area contributed by atoms with Crippen molar-refractivity contribution in [1.29, 1.82) is 0 Å². The average molecular weight is 290 g/mol. The number of nitrogens with zero attached hydrogens (tertiary/aromatic N) is 2. The summed E-state index contributed by atoms with van der Waals surface area (Å²) in [5, 5.41) is 0. The Kier molecular flexibility index (Phi) is 8.47. The molecule has 0 aromatic heterocycles. The first-order chi connectivity index (χ1) is 8.19. The molecule has 0 aliphatic carbocycles. The van der Waals surface area contributed by atoms with E-state index in [1.54, 1.807) is 11.4 Å². The molecule has 1 atom stereocenters. The molecule has 0 N–H and O–H groups in total. The van der Waals surface area contributed by atoms with Gasteiger partial charge in [-0.3, -0.25) is 0 Å². The quantitative estimate of drug-likeness (QED) is 0.381. The van der Waals surface area contributed by atoms with Crippen molar-refractivity contribution in [3.8, 4) is 0 Å². The Balaban J connectivity index is 4.76. The summed E-state index contributed by atoms with van der Waals surface area (Å²) in [5.41, 5.74) is -0.140. The van der Waals surface area contributed by atoms with Crippen LogP contribution >= 0.6 is 18.9 Å². The SMILES string of the molecule is [C-]#[N+]CCSP(OC(C)(C)C)N(C(C)C)C(C)C.